The Bertz CT molecular complexity index is 1320. The molecule has 5 unspecified atom stereocenters. The minimum atomic E-state index is -1.25. The van der Waals surface area contributed by atoms with E-state index in [4.69, 9.17) is 32.5 Å². The number of carbonyl (C=O) groups is 5. The van der Waals surface area contributed by atoms with Crippen LogP contribution in [0.15, 0.2) is 27.7 Å². The molecule has 14 nitrogen and oxygen atoms in total. The predicted octanol–water partition coefficient (Wildman–Crippen LogP) is 7.59. The van der Waals surface area contributed by atoms with Gasteiger partial charge in [-0.2, -0.15) is 0 Å². The zero-order valence-corrected chi connectivity index (χ0v) is 31.0. The summed E-state index contributed by atoms with van der Waals surface area (Å²) in [7, 11) is 0. The summed E-state index contributed by atoms with van der Waals surface area (Å²) < 4.78 is 40.1. The SMILES string of the molecule is CCCCCCCC(=O)OC(c1cnco1)c1nc(C(CC(OC(=O)CCC)C(OC(=O)CCC)C(C)OC(=O)CCC)OC(=O)CCC)co1. The summed E-state index contributed by atoms with van der Waals surface area (Å²) >= 11 is 0. The van der Waals surface area contributed by atoms with E-state index in [-0.39, 0.29) is 55.9 Å². The van der Waals surface area contributed by atoms with E-state index in [0.29, 0.717) is 32.1 Å². The van der Waals surface area contributed by atoms with E-state index in [2.05, 4.69) is 16.9 Å². The van der Waals surface area contributed by atoms with Crippen molar-refractivity contribution in [3.63, 3.8) is 0 Å². The fraction of sp³-hybridized carbons (Fsp3) is 0.703. The maximum atomic E-state index is 12.9. The summed E-state index contributed by atoms with van der Waals surface area (Å²) in [6.07, 6.45) is 4.96. The molecule has 2 heterocycles. The summed E-state index contributed by atoms with van der Waals surface area (Å²) in [4.78, 5) is 72.5. The van der Waals surface area contributed by atoms with Crippen molar-refractivity contribution in [1.82, 2.24) is 9.97 Å². The Morgan fingerprint density at radius 1 is 0.647 bits per heavy atom. The summed E-state index contributed by atoms with van der Waals surface area (Å²) in [5, 5.41) is 0. The molecule has 5 atom stereocenters. The topological polar surface area (TPSA) is 184 Å². The number of hydrogen-bond acceptors (Lipinski definition) is 14. The van der Waals surface area contributed by atoms with Gasteiger partial charge in [-0.1, -0.05) is 60.3 Å². The lowest BCUT2D eigenvalue weighted by atomic mass is 10.00. The van der Waals surface area contributed by atoms with Crippen LogP contribution in [0.4, 0.5) is 0 Å². The van der Waals surface area contributed by atoms with Crippen molar-refractivity contribution in [2.24, 2.45) is 0 Å². The maximum Gasteiger partial charge on any atom is 0.307 e. The Labute approximate surface area is 300 Å². The molecule has 0 N–H and O–H groups in total. The average Bonchev–Trinajstić information content (AvgIpc) is 3.79. The number of aromatic nitrogens is 2. The van der Waals surface area contributed by atoms with Gasteiger partial charge in [0.25, 0.3) is 0 Å². The van der Waals surface area contributed by atoms with Gasteiger partial charge in [0.2, 0.25) is 12.0 Å². The van der Waals surface area contributed by atoms with Gasteiger partial charge in [-0.15, -0.1) is 0 Å². The first kappa shape index (κ1) is 42.9. The van der Waals surface area contributed by atoms with Gasteiger partial charge in [-0.05, 0) is 39.0 Å². The van der Waals surface area contributed by atoms with Gasteiger partial charge in [0.05, 0.1) is 6.20 Å². The van der Waals surface area contributed by atoms with Crippen molar-refractivity contribution in [2.75, 3.05) is 0 Å². The molecular weight excluding hydrogens is 664 g/mol. The van der Waals surface area contributed by atoms with Crippen molar-refractivity contribution < 1.29 is 56.5 Å². The standard InChI is InChI=1S/C37H56N2O12/c1-7-12-13-14-15-20-34(44)51-36(29-22-38-24-46-29)37-39-26(23-45-37)27(48-31(41)17-9-3)21-28(49-32(42)18-10-4)35(50-33(43)19-11-5)25(6)47-30(40)16-8-2/h22-25,27-28,35-36H,7-21H2,1-6H3. The highest BCUT2D eigenvalue weighted by atomic mass is 16.6. The van der Waals surface area contributed by atoms with Gasteiger partial charge < -0.3 is 32.5 Å². The Balaban J connectivity index is 2.51. The molecule has 2 aromatic rings. The maximum absolute atomic E-state index is 12.9. The third-order valence-corrected chi connectivity index (χ3v) is 7.77. The minimum Gasteiger partial charge on any atom is -0.459 e. The highest BCUT2D eigenvalue weighted by molar-refractivity contribution is 5.72. The highest BCUT2D eigenvalue weighted by Crippen LogP contribution is 2.32. The summed E-state index contributed by atoms with van der Waals surface area (Å²) in [6, 6.07) is 0. The molecule has 286 valence electrons. The summed E-state index contributed by atoms with van der Waals surface area (Å²) in [6.45, 7) is 10.9. The fourth-order valence-electron chi connectivity index (χ4n) is 5.19. The summed E-state index contributed by atoms with van der Waals surface area (Å²) in [5.41, 5.74) is 0.111. The van der Waals surface area contributed by atoms with Crippen molar-refractivity contribution in [2.45, 2.75) is 168 Å². The second-order valence-electron chi connectivity index (χ2n) is 12.4. The van der Waals surface area contributed by atoms with Crippen molar-refractivity contribution in [3.8, 4) is 0 Å². The van der Waals surface area contributed by atoms with Gasteiger partial charge in [-0.3, -0.25) is 24.0 Å². The first-order valence-electron chi connectivity index (χ1n) is 18.4. The first-order chi connectivity index (χ1) is 24.6. The van der Waals surface area contributed by atoms with Crippen LogP contribution in [0.5, 0.6) is 0 Å². The molecule has 0 amide bonds. The van der Waals surface area contributed by atoms with Gasteiger partial charge in [-0.25, -0.2) is 9.97 Å². The molecule has 0 aromatic carbocycles. The molecular formula is C37H56N2O12. The van der Waals surface area contributed by atoms with Crippen LogP contribution in [0.25, 0.3) is 0 Å². The molecule has 0 bridgehead atoms. The molecule has 0 fully saturated rings. The number of nitrogens with zero attached hydrogens (tertiary/aromatic N) is 2. The predicted molar refractivity (Wildman–Crippen MR) is 183 cm³/mol. The van der Waals surface area contributed by atoms with Crippen LogP contribution in [0, 0.1) is 0 Å². The van der Waals surface area contributed by atoms with Crippen molar-refractivity contribution in [3.05, 3.63) is 36.2 Å². The van der Waals surface area contributed by atoms with Crippen molar-refractivity contribution >= 4 is 29.8 Å². The van der Waals surface area contributed by atoms with Crippen LogP contribution in [0.1, 0.15) is 167 Å². The lowest BCUT2D eigenvalue weighted by Gasteiger charge is -2.32. The van der Waals surface area contributed by atoms with Crippen LogP contribution in [-0.4, -0.2) is 58.1 Å². The Morgan fingerprint density at radius 3 is 1.80 bits per heavy atom. The normalized spacial score (nSPS) is 14.1. The van der Waals surface area contributed by atoms with E-state index >= 15 is 0 Å². The molecule has 0 spiro atoms. The Morgan fingerprint density at radius 2 is 1.22 bits per heavy atom. The first-order valence-corrected chi connectivity index (χ1v) is 18.4. The quantitative estimate of drug-likeness (QED) is 0.0526. The van der Waals surface area contributed by atoms with Crippen LogP contribution < -0.4 is 0 Å². The lowest BCUT2D eigenvalue weighted by Crippen LogP contribution is -2.45. The third-order valence-electron chi connectivity index (χ3n) is 7.77. The fourth-order valence-corrected chi connectivity index (χ4v) is 5.19. The van der Waals surface area contributed by atoms with Crippen LogP contribution in [-0.2, 0) is 47.7 Å². The van der Waals surface area contributed by atoms with E-state index in [1.54, 1.807) is 13.8 Å². The van der Waals surface area contributed by atoms with Crippen LogP contribution in [0.3, 0.4) is 0 Å². The van der Waals surface area contributed by atoms with Gasteiger partial charge in [0, 0.05) is 38.5 Å². The van der Waals surface area contributed by atoms with Crippen LogP contribution in [0.2, 0.25) is 0 Å². The van der Waals surface area contributed by atoms with E-state index < -0.39 is 60.4 Å². The highest BCUT2D eigenvalue weighted by Gasteiger charge is 2.39. The molecule has 0 aliphatic carbocycles. The smallest absolute Gasteiger partial charge is 0.307 e. The summed E-state index contributed by atoms with van der Waals surface area (Å²) in [5.74, 6) is -2.62. The van der Waals surface area contributed by atoms with E-state index in [1.165, 1.54) is 18.9 Å². The molecule has 0 radical (unpaired) electrons. The molecule has 51 heavy (non-hydrogen) atoms. The zero-order valence-electron chi connectivity index (χ0n) is 31.0. The molecule has 0 aliphatic rings. The van der Waals surface area contributed by atoms with Gasteiger partial charge in [0.1, 0.15) is 24.2 Å². The number of unbranched alkanes of at least 4 members (excludes halogenated alkanes) is 4. The lowest BCUT2D eigenvalue weighted by molar-refractivity contribution is -0.188. The number of hydrogen-bond donors (Lipinski definition) is 0. The second-order valence-corrected chi connectivity index (χ2v) is 12.4. The molecule has 2 rings (SSSR count). The number of rotatable bonds is 26. The largest absolute Gasteiger partial charge is 0.459 e. The van der Waals surface area contributed by atoms with Gasteiger partial charge >= 0.3 is 29.8 Å². The second kappa shape index (κ2) is 24.0. The van der Waals surface area contributed by atoms with E-state index in [0.717, 1.165) is 25.7 Å². The van der Waals surface area contributed by atoms with E-state index in [1.807, 2.05) is 20.8 Å². The molecule has 2 aromatic heterocycles. The van der Waals surface area contributed by atoms with Crippen molar-refractivity contribution in [1.29, 1.82) is 0 Å². The molecule has 0 saturated heterocycles. The molecule has 14 heteroatoms. The Kier molecular flexibility index (Phi) is 20.2. The Hall–Kier alpha value is -4.23. The minimum absolute atomic E-state index is 0.0629. The number of esters is 5. The van der Waals surface area contributed by atoms with E-state index in [9.17, 15) is 24.0 Å². The number of oxazole rings is 2. The average molecular weight is 721 g/mol. The van der Waals surface area contributed by atoms with Gasteiger partial charge in [0.15, 0.2) is 24.4 Å². The monoisotopic (exact) mass is 720 g/mol. The third kappa shape index (κ3) is 15.7. The molecule has 0 saturated carbocycles. The zero-order chi connectivity index (χ0) is 37.6. The number of carbonyl (C=O) groups excluding carboxylic acids is 5. The molecule has 0 aliphatic heterocycles. The number of ether oxygens (including phenoxy) is 5. The van der Waals surface area contributed by atoms with Crippen LogP contribution >= 0.6 is 0 Å².